The van der Waals surface area contributed by atoms with Gasteiger partial charge in [0.25, 0.3) is 5.79 Å². The molecule has 39 heavy (non-hydrogen) atoms. The van der Waals surface area contributed by atoms with Crippen LogP contribution in [0.3, 0.4) is 0 Å². The minimum Gasteiger partial charge on any atom is -0.504 e. The predicted molar refractivity (Wildman–Crippen MR) is 130 cm³/mol. The highest BCUT2D eigenvalue weighted by molar-refractivity contribution is 6.29. The smallest absolute Gasteiger partial charge is 0.374 e. The van der Waals surface area contributed by atoms with E-state index in [1.54, 1.807) is 6.07 Å². The summed E-state index contributed by atoms with van der Waals surface area (Å²) < 4.78 is 32.1. The second-order valence-electron chi connectivity index (χ2n) is 9.20. The summed E-state index contributed by atoms with van der Waals surface area (Å²) in [6.07, 6.45) is 0.298. The first-order valence-corrected chi connectivity index (χ1v) is 11.7. The number of phenolic OH excluding ortho intramolecular Hbond substituents is 2. The molecule has 0 amide bonds. The number of aromatic hydroxyl groups is 2. The molecule has 2 N–H and O–H groups in total. The highest BCUT2D eigenvalue weighted by Gasteiger charge is 2.53. The second kappa shape index (κ2) is 8.25. The zero-order valence-electron chi connectivity index (χ0n) is 20.8. The van der Waals surface area contributed by atoms with Crippen LogP contribution in [0.5, 0.6) is 28.7 Å². The largest absolute Gasteiger partial charge is 0.504 e. The van der Waals surface area contributed by atoms with Crippen molar-refractivity contribution in [2.75, 3.05) is 21.3 Å². The van der Waals surface area contributed by atoms with Gasteiger partial charge in [0.05, 0.1) is 44.5 Å². The molecule has 0 radical (unpaired) electrons. The van der Waals surface area contributed by atoms with Crippen molar-refractivity contribution < 1.29 is 52.7 Å². The number of carbonyl (C=O) groups excluding carboxylic acids is 3. The number of hydrogen-bond acceptors (Lipinski definition) is 12. The van der Waals surface area contributed by atoms with Gasteiger partial charge >= 0.3 is 11.6 Å². The fourth-order valence-corrected chi connectivity index (χ4v) is 5.29. The van der Waals surface area contributed by atoms with Crippen LogP contribution < -0.4 is 19.8 Å². The van der Waals surface area contributed by atoms with E-state index in [-0.39, 0.29) is 75.5 Å². The van der Waals surface area contributed by atoms with Crippen molar-refractivity contribution >= 4 is 28.3 Å². The molecule has 0 bridgehead atoms. The van der Waals surface area contributed by atoms with Gasteiger partial charge in [0, 0.05) is 12.5 Å². The fourth-order valence-electron chi connectivity index (χ4n) is 5.29. The topological polar surface area (TPSA) is 168 Å². The minimum absolute atomic E-state index is 0.0290. The van der Waals surface area contributed by atoms with Gasteiger partial charge in [0.2, 0.25) is 11.5 Å². The quantitative estimate of drug-likeness (QED) is 0.356. The van der Waals surface area contributed by atoms with Gasteiger partial charge < -0.3 is 38.3 Å². The number of carbonyl (C=O) groups is 3. The molecule has 6 rings (SSSR count). The molecule has 3 heterocycles. The Hall–Kier alpha value is -5.00. The highest BCUT2D eigenvalue weighted by Crippen LogP contribution is 2.52. The first-order valence-electron chi connectivity index (χ1n) is 11.7. The zero-order valence-corrected chi connectivity index (χ0v) is 20.8. The van der Waals surface area contributed by atoms with Gasteiger partial charge in [-0.25, -0.2) is 9.59 Å². The number of phenols is 2. The van der Waals surface area contributed by atoms with E-state index >= 15 is 0 Å². The van der Waals surface area contributed by atoms with Crippen LogP contribution >= 0.6 is 0 Å². The molecule has 12 nitrogen and oxygen atoms in total. The van der Waals surface area contributed by atoms with Crippen LogP contribution in [0.4, 0.5) is 0 Å². The standard InChI is InChI=1S/C27H20O12/c1-34-13-8-14(35-2)20(29)18-17(13)19(28)12-9-27(39-24(12)22(18)31)5-4-10-6-11-7-15(25(32)36-3)37-26(33)16(11)21(30)23(10)38-27/h6-8,29-30H,4-5,9H2,1-3H3/i4+1,5+1,6+1,7+1,8+1,9+1,10+1,11+1,12+1,13+1,14+1,15+1,16+1,17+1,18+1,19+1,20+1,21+1,22+1,23+1,24+1,26+1,27+1. The number of ether oxygens (including phenoxy) is 5. The van der Waals surface area contributed by atoms with Crippen molar-refractivity contribution in [3.05, 3.63) is 62.4 Å². The summed E-state index contributed by atoms with van der Waals surface area (Å²) in [5, 5.41) is 21.7. The van der Waals surface area contributed by atoms with Gasteiger partial charge in [-0.1, -0.05) is 0 Å². The summed E-state index contributed by atoms with van der Waals surface area (Å²) in [5.41, 5.74) is -0.884. The molecule has 1 aliphatic carbocycles. The molecule has 200 valence electrons. The molecule has 1 aromatic heterocycles. The summed E-state index contributed by atoms with van der Waals surface area (Å²) in [6, 6.07) is 4.16. The van der Waals surface area contributed by atoms with Crippen LogP contribution in [-0.4, -0.2) is 54.9 Å². The monoisotopic (exact) mass is 559 g/mol. The highest BCUT2D eigenvalue weighted by atomic mass is 16.9. The van der Waals surface area contributed by atoms with E-state index in [1.807, 2.05) is 0 Å². The molecule has 0 fully saturated rings. The Bertz CT molecular complexity index is 1740. The van der Waals surface area contributed by atoms with Crippen LogP contribution in [0.15, 0.2) is 38.7 Å². The maximum Gasteiger partial charge on any atom is 0.374 e. The molecule has 2 aromatic carbocycles. The number of methoxy groups -OCH3 is 3. The molecule has 0 saturated heterocycles. The normalized spacial score (nSPS) is 19.3. The lowest BCUT2D eigenvalue weighted by Gasteiger charge is -2.35. The second-order valence-corrected chi connectivity index (χ2v) is 9.20. The lowest BCUT2D eigenvalue weighted by Crippen LogP contribution is -2.40. The summed E-state index contributed by atoms with van der Waals surface area (Å²) in [5.74, 6) is -5.51. The van der Waals surface area contributed by atoms with Crippen molar-refractivity contribution in [2.45, 2.75) is 25.0 Å². The van der Waals surface area contributed by atoms with Gasteiger partial charge in [-0.05, 0) is 29.5 Å². The van der Waals surface area contributed by atoms with Crippen molar-refractivity contribution in [1.82, 2.24) is 0 Å². The van der Waals surface area contributed by atoms with Crippen molar-refractivity contribution in [1.29, 1.82) is 0 Å². The maximum absolute atomic E-state index is 13.5. The Morgan fingerprint density at radius 2 is 1.67 bits per heavy atom. The van der Waals surface area contributed by atoms with Crippen LogP contribution in [0.25, 0.3) is 10.8 Å². The average Bonchev–Trinajstić information content (AvgIpc) is 3.30. The average molecular weight is 559 g/mol. The lowest BCUT2D eigenvalue weighted by atomic mass is 10.8. The third-order valence-corrected chi connectivity index (χ3v) is 7.12. The van der Waals surface area contributed by atoms with Crippen molar-refractivity contribution in [3.8, 4) is 28.7 Å². The number of benzene rings is 2. The summed E-state index contributed by atoms with van der Waals surface area (Å²) in [7, 11) is 3.75. The van der Waals surface area contributed by atoms with Crippen LogP contribution in [0, 0.1) is 0 Å². The van der Waals surface area contributed by atoms with Gasteiger partial charge in [-0.3, -0.25) is 9.59 Å². The summed E-state index contributed by atoms with van der Waals surface area (Å²) >= 11 is 0. The zero-order chi connectivity index (χ0) is 27.8. The Morgan fingerprint density at radius 3 is 2.36 bits per heavy atom. The predicted octanol–water partition coefficient (Wildman–Crippen LogP) is 2.78. The molecule has 3 aromatic rings. The molecule has 0 saturated carbocycles. The summed E-state index contributed by atoms with van der Waals surface area (Å²) in [6.45, 7) is 0. The molecular formula is C27H20O12. The Morgan fingerprint density at radius 1 is 0.923 bits per heavy atom. The van der Waals surface area contributed by atoms with Crippen molar-refractivity contribution in [3.63, 3.8) is 0 Å². The third kappa shape index (κ3) is 3.30. The molecule has 1 unspecified atom stereocenters. The van der Waals surface area contributed by atoms with Crippen LogP contribution in [0.2, 0.25) is 0 Å². The SMILES string of the molecule is COC(=O)[13c]1[13cH][13c]2[13cH][13c]3[13c]([13c](O)[13c]2[13c](=O)o1)O[13C]1([13CH2][13CH2]3)[13CH2][13C]2=[13C](O1)[13C](=O)[13c]1[13c](O)[13c](OC)[13cH][13c](OC)[13c]1[13C]2=O. The minimum atomic E-state index is -1.55. The van der Waals surface area contributed by atoms with E-state index in [9.17, 15) is 29.4 Å². The number of rotatable bonds is 3. The van der Waals surface area contributed by atoms with Gasteiger partial charge in [-0.15, -0.1) is 0 Å². The number of hydrogen-bond donors (Lipinski definition) is 2. The van der Waals surface area contributed by atoms with Gasteiger partial charge in [0.1, 0.15) is 11.1 Å². The van der Waals surface area contributed by atoms with E-state index in [0.29, 0.717) is 5.56 Å². The van der Waals surface area contributed by atoms with Gasteiger partial charge in [-0.2, -0.15) is 0 Å². The van der Waals surface area contributed by atoms with E-state index < -0.39 is 40.4 Å². The number of aryl methyl sites for hydroxylation is 1. The molecule has 3 aliphatic rings. The maximum atomic E-state index is 13.5. The molecule has 1 atom stereocenters. The first-order chi connectivity index (χ1) is 18.6. The van der Waals surface area contributed by atoms with E-state index in [1.165, 1.54) is 26.4 Å². The van der Waals surface area contributed by atoms with E-state index in [4.69, 9.17) is 23.4 Å². The number of ketones is 2. The third-order valence-electron chi connectivity index (χ3n) is 7.12. The Balaban J connectivity index is 1.41. The van der Waals surface area contributed by atoms with Crippen molar-refractivity contribution in [2.24, 2.45) is 0 Å². The molecular weight excluding hydrogens is 539 g/mol. The Labute approximate surface area is 218 Å². The first kappa shape index (κ1) is 24.3. The van der Waals surface area contributed by atoms with Crippen LogP contribution in [0.1, 0.15) is 49.7 Å². The lowest BCUT2D eigenvalue weighted by molar-refractivity contribution is -0.148. The molecule has 1 spiro atoms. The van der Waals surface area contributed by atoms with Crippen LogP contribution in [-0.2, 0) is 15.9 Å². The van der Waals surface area contributed by atoms with E-state index in [0.717, 1.165) is 7.11 Å². The summed E-state index contributed by atoms with van der Waals surface area (Å²) in [4.78, 5) is 51.5. The molecule has 12 heteroatoms. The number of fused-ring (bicyclic) bond motifs is 3. The number of esters is 1. The number of allylic oxidation sites excluding steroid dienone is 1. The number of Topliss-reactive ketones (excluding diaryl/α,β-unsaturated/α-hetero) is 2. The Kier molecular flexibility index (Phi) is 5.15. The van der Waals surface area contributed by atoms with Gasteiger partial charge in [0.15, 0.2) is 34.5 Å². The fraction of sp³-hybridized carbons (Fsp3) is 0.259. The molecule has 2 aliphatic heterocycles. The van der Waals surface area contributed by atoms with E-state index in [2.05, 4.69) is 4.74 Å².